The summed E-state index contributed by atoms with van der Waals surface area (Å²) < 4.78 is 0. The second-order valence-corrected chi connectivity index (χ2v) is 5.94. The number of halogens is 2. The highest BCUT2D eigenvalue weighted by atomic mass is 35.5. The molecule has 4 rings (SSSR count). The topological polar surface area (TPSA) is 89.3 Å². The van der Waals surface area contributed by atoms with Gasteiger partial charge in [0.2, 0.25) is 0 Å². The smallest absolute Gasteiger partial charge is 0.324 e. The Morgan fingerprint density at radius 1 is 1.06 bits per heavy atom. The second kappa shape index (κ2) is 4.26. The van der Waals surface area contributed by atoms with Crippen LogP contribution in [0.4, 0.5) is 0 Å². The van der Waals surface area contributed by atoms with Crippen LogP contribution in [0.1, 0.15) is 32.1 Å². The Morgan fingerprint density at radius 3 is 1.88 bits per heavy atom. The van der Waals surface area contributed by atoms with Gasteiger partial charge in [-0.25, -0.2) is 0 Å². The van der Waals surface area contributed by atoms with Gasteiger partial charge >= 0.3 is 5.97 Å². The molecule has 4 saturated carbocycles. The Kier molecular flexibility index (Phi) is 3.77. The molecule has 0 aromatic carbocycles. The third-order valence-corrected chi connectivity index (χ3v) is 4.96. The van der Waals surface area contributed by atoms with Crippen molar-refractivity contribution in [3.63, 3.8) is 0 Å². The van der Waals surface area contributed by atoms with Crippen molar-refractivity contribution in [3.8, 4) is 0 Å². The lowest BCUT2D eigenvalue weighted by Gasteiger charge is -2.61. The minimum Gasteiger partial charge on any atom is -0.480 e. The summed E-state index contributed by atoms with van der Waals surface area (Å²) in [5.41, 5.74) is 11.3. The van der Waals surface area contributed by atoms with Crippen molar-refractivity contribution < 1.29 is 9.90 Å². The van der Waals surface area contributed by atoms with E-state index in [0.717, 1.165) is 32.1 Å². The van der Waals surface area contributed by atoms with Crippen molar-refractivity contribution in [1.82, 2.24) is 0 Å². The Balaban J connectivity index is 0.000000722. The van der Waals surface area contributed by atoms with Gasteiger partial charge in [0, 0.05) is 5.54 Å². The van der Waals surface area contributed by atoms with E-state index in [4.69, 9.17) is 11.5 Å². The quantitative estimate of drug-likeness (QED) is 0.673. The number of aliphatic carboxylic acids is 1. The SMILES string of the molecule is Cl.Cl.NC12CC3CC(C1)C(N)(C(=O)O)C(C3)C2. The molecule has 0 aliphatic heterocycles. The van der Waals surface area contributed by atoms with Crippen LogP contribution >= 0.6 is 24.8 Å². The summed E-state index contributed by atoms with van der Waals surface area (Å²) >= 11 is 0. The molecular weight excluding hydrogens is 263 g/mol. The molecule has 17 heavy (non-hydrogen) atoms. The van der Waals surface area contributed by atoms with Gasteiger partial charge in [0.05, 0.1) is 0 Å². The number of nitrogens with two attached hydrogens (primary N) is 2. The van der Waals surface area contributed by atoms with Gasteiger partial charge in [0.15, 0.2) is 0 Å². The summed E-state index contributed by atoms with van der Waals surface area (Å²) in [5, 5.41) is 9.32. The number of hydrogen-bond donors (Lipinski definition) is 3. The molecule has 6 heteroatoms. The molecule has 0 aromatic heterocycles. The Labute approximate surface area is 113 Å². The lowest BCUT2D eigenvalue weighted by molar-refractivity contribution is -0.161. The highest BCUT2D eigenvalue weighted by Crippen LogP contribution is 2.58. The summed E-state index contributed by atoms with van der Waals surface area (Å²) in [7, 11) is 0. The van der Waals surface area contributed by atoms with Crippen molar-refractivity contribution in [2.75, 3.05) is 0 Å². The maximum absolute atomic E-state index is 11.3. The van der Waals surface area contributed by atoms with Crippen LogP contribution in [0.2, 0.25) is 0 Å². The van der Waals surface area contributed by atoms with Crippen LogP contribution in [-0.4, -0.2) is 22.2 Å². The average molecular weight is 283 g/mol. The van der Waals surface area contributed by atoms with Crippen LogP contribution in [0.15, 0.2) is 0 Å². The molecule has 4 nitrogen and oxygen atoms in total. The first-order valence-electron chi connectivity index (χ1n) is 5.75. The van der Waals surface area contributed by atoms with Gasteiger partial charge in [-0.15, -0.1) is 24.8 Å². The molecule has 4 aliphatic carbocycles. The lowest BCUT2D eigenvalue weighted by Crippen LogP contribution is -2.72. The number of rotatable bonds is 1. The molecule has 2 atom stereocenters. The highest BCUT2D eigenvalue weighted by Gasteiger charge is 2.62. The van der Waals surface area contributed by atoms with E-state index < -0.39 is 11.5 Å². The van der Waals surface area contributed by atoms with Crippen LogP contribution < -0.4 is 11.5 Å². The summed E-state index contributed by atoms with van der Waals surface area (Å²) in [5.74, 6) is 0.0147. The zero-order chi connectivity index (χ0) is 10.8. The maximum Gasteiger partial charge on any atom is 0.324 e. The van der Waals surface area contributed by atoms with E-state index in [9.17, 15) is 9.90 Å². The first-order valence-corrected chi connectivity index (χ1v) is 5.75. The summed E-state index contributed by atoms with van der Waals surface area (Å²) in [6.07, 6.45) is 4.64. The van der Waals surface area contributed by atoms with Gasteiger partial charge in [-0.2, -0.15) is 0 Å². The monoisotopic (exact) mass is 282 g/mol. The zero-order valence-corrected chi connectivity index (χ0v) is 11.2. The molecule has 5 N–H and O–H groups in total. The largest absolute Gasteiger partial charge is 0.480 e. The third kappa shape index (κ3) is 1.86. The number of carbonyl (C=O) groups is 1. The van der Waals surface area contributed by atoms with Crippen molar-refractivity contribution >= 4 is 30.8 Å². The fourth-order valence-electron chi connectivity index (χ4n) is 4.45. The zero-order valence-electron chi connectivity index (χ0n) is 9.59. The highest BCUT2D eigenvalue weighted by molar-refractivity contribution is 5.85. The van der Waals surface area contributed by atoms with E-state index in [2.05, 4.69) is 0 Å². The van der Waals surface area contributed by atoms with Crippen molar-refractivity contribution in [2.45, 2.75) is 43.2 Å². The Bertz CT molecular complexity index is 321. The van der Waals surface area contributed by atoms with Gasteiger partial charge in [-0.3, -0.25) is 4.79 Å². The normalized spacial score (nSPS) is 50.4. The van der Waals surface area contributed by atoms with Gasteiger partial charge in [0.1, 0.15) is 5.54 Å². The van der Waals surface area contributed by atoms with Gasteiger partial charge in [0.25, 0.3) is 0 Å². The lowest BCUT2D eigenvalue weighted by atomic mass is 9.46. The third-order valence-electron chi connectivity index (χ3n) is 4.96. The second-order valence-electron chi connectivity index (χ2n) is 5.94. The van der Waals surface area contributed by atoms with Crippen LogP contribution in [0.25, 0.3) is 0 Å². The molecule has 4 fully saturated rings. The van der Waals surface area contributed by atoms with Crippen LogP contribution in [0.5, 0.6) is 0 Å². The maximum atomic E-state index is 11.3. The summed E-state index contributed by atoms with van der Waals surface area (Å²) in [6, 6.07) is 0. The number of carboxylic acid groups (broad SMARTS) is 1. The van der Waals surface area contributed by atoms with Crippen LogP contribution in [0.3, 0.4) is 0 Å². The van der Waals surface area contributed by atoms with E-state index in [0.29, 0.717) is 5.92 Å². The van der Waals surface area contributed by atoms with Crippen LogP contribution in [0, 0.1) is 17.8 Å². The number of hydrogen-bond acceptors (Lipinski definition) is 3. The minimum absolute atomic E-state index is 0. The van der Waals surface area contributed by atoms with E-state index in [1.807, 2.05) is 0 Å². The van der Waals surface area contributed by atoms with Crippen molar-refractivity contribution in [1.29, 1.82) is 0 Å². The molecule has 100 valence electrons. The molecule has 0 amide bonds. The molecule has 0 spiro atoms. The Hall–Kier alpha value is -0.0300. The molecule has 2 unspecified atom stereocenters. The fraction of sp³-hybridized carbons (Fsp3) is 0.909. The summed E-state index contributed by atoms with van der Waals surface area (Å²) in [4.78, 5) is 11.3. The summed E-state index contributed by atoms with van der Waals surface area (Å²) in [6.45, 7) is 0. The molecule has 4 bridgehead atoms. The average Bonchev–Trinajstić information content (AvgIpc) is 2.10. The van der Waals surface area contributed by atoms with Gasteiger partial charge < -0.3 is 16.6 Å². The van der Waals surface area contributed by atoms with E-state index in [1.165, 1.54) is 0 Å². The van der Waals surface area contributed by atoms with E-state index in [-0.39, 0.29) is 42.2 Å². The van der Waals surface area contributed by atoms with Crippen molar-refractivity contribution in [3.05, 3.63) is 0 Å². The standard InChI is InChI=1S/C11H18N2O2.2ClH/c12-10-3-6-1-7(4-10)11(13,9(14)15)8(2-6)5-10;;/h6-8H,1-5,12-13H2,(H,14,15);2*1H. The molecular formula is C11H20Cl2N2O2. The fourth-order valence-corrected chi connectivity index (χ4v) is 4.45. The first kappa shape index (κ1) is 15.0. The molecule has 0 radical (unpaired) electrons. The predicted octanol–water partition coefficient (Wildman–Crippen LogP) is 1.15. The molecule has 0 saturated heterocycles. The number of carboxylic acids is 1. The molecule has 0 aromatic rings. The molecule has 4 aliphatic rings. The van der Waals surface area contributed by atoms with Crippen molar-refractivity contribution in [2.24, 2.45) is 29.2 Å². The molecule has 0 heterocycles. The van der Waals surface area contributed by atoms with E-state index >= 15 is 0 Å². The Morgan fingerprint density at radius 2 is 1.53 bits per heavy atom. The van der Waals surface area contributed by atoms with Crippen LogP contribution in [-0.2, 0) is 4.79 Å². The first-order chi connectivity index (χ1) is 6.94. The van der Waals surface area contributed by atoms with Gasteiger partial charge in [-0.05, 0) is 49.9 Å². The predicted molar refractivity (Wildman–Crippen MR) is 69.5 cm³/mol. The minimum atomic E-state index is -0.986. The van der Waals surface area contributed by atoms with Gasteiger partial charge in [-0.1, -0.05) is 0 Å². The van der Waals surface area contributed by atoms with E-state index in [1.54, 1.807) is 0 Å².